The van der Waals surface area contributed by atoms with Gasteiger partial charge in [-0.05, 0) is 74.3 Å². The van der Waals surface area contributed by atoms with Gasteiger partial charge in [0, 0.05) is 41.1 Å². The van der Waals surface area contributed by atoms with Gasteiger partial charge in [-0.25, -0.2) is 0 Å². The van der Waals surface area contributed by atoms with Gasteiger partial charge in [0.25, 0.3) is 0 Å². The molecule has 38 heavy (non-hydrogen) atoms. The van der Waals surface area contributed by atoms with Gasteiger partial charge in [0.1, 0.15) is 12.3 Å². The first-order valence-electron chi connectivity index (χ1n) is 13.0. The number of hydrogen-bond donors (Lipinski definition) is 2. The topological polar surface area (TPSA) is 41.5 Å². The van der Waals surface area contributed by atoms with Crippen molar-refractivity contribution in [1.82, 2.24) is 9.47 Å². The molecule has 2 aliphatic rings. The Labute approximate surface area is 226 Å². The second kappa shape index (κ2) is 11.4. The summed E-state index contributed by atoms with van der Waals surface area (Å²) in [7, 11) is 1.61. The minimum atomic E-state index is -4.36. The van der Waals surface area contributed by atoms with E-state index in [9.17, 15) is 13.2 Å². The van der Waals surface area contributed by atoms with Crippen LogP contribution in [-0.2, 0) is 6.54 Å². The van der Waals surface area contributed by atoms with Crippen molar-refractivity contribution in [3.63, 3.8) is 0 Å². The Morgan fingerprint density at radius 1 is 1.05 bits per heavy atom. The van der Waals surface area contributed by atoms with Gasteiger partial charge in [-0.15, -0.1) is 11.8 Å². The van der Waals surface area contributed by atoms with Crippen LogP contribution in [0.3, 0.4) is 0 Å². The summed E-state index contributed by atoms with van der Waals surface area (Å²) in [5, 5.41) is 7.60. The Kier molecular flexibility index (Phi) is 8.01. The molecule has 9 heteroatoms. The van der Waals surface area contributed by atoms with Crippen LogP contribution in [0.2, 0.25) is 0 Å². The largest absolute Gasteiger partial charge is 0.495 e. The van der Waals surface area contributed by atoms with Crippen molar-refractivity contribution in [1.29, 1.82) is 0 Å². The van der Waals surface area contributed by atoms with E-state index >= 15 is 0 Å². The lowest BCUT2D eigenvalue weighted by Crippen LogP contribution is -2.40. The van der Waals surface area contributed by atoms with Gasteiger partial charge in [-0.2, -0.15) is 13.2 Å². The average Bonchev–Trinajstić information content (AvgIpc) is 3.70. The Hall–Kier alpha value is -2.96. The Balaban J connectivity index is 1.35. The van der Waals surface area contributed by atoms with Gasteiger partial charge < -0.3 is 24.8 Å². The molecule has 1 aromatic heterocycles. The molecule has 1 saturated heterocycles. The number of rotatable bonds is 8. The van der Waals surface area contributed by atoms with Crippen LogP contribution in [0, 0.1) is 11.8 Å². The molecule has 3 aromatic rings. The fourth-order valence-electron chi connectivity index (χ4n) is 5.15. The molecule has 2 aromatic carbocycles. The number of aromatic nitrogens is 1. The normalized spacial score (nSPS) is 16.8. The Morgan fingerprint density at radius 2 is 1.84 bits per heavy atom. The predicted octanol–water partition coefficient (Wildman–Crippen LogP) is 6.44. The lowest BCUT2D eigenvalue weighted by Gasteiger charge is -2.33. The second-order valence-electron chi connectivity index (χ2n) is 9.88. The van der Waals surface area contributed by atoms with Crippen molar-refractivity contribution >= 4 is 34.0 Å². The number of benzene rings is 2. The summed E-state index contributed by atoms with van der Waals surface area (Å²) >= 11 is 1.62. The highest BCUT2D eigenvalue weighted by atomic mass is 32.2. The van der Waals surface area contributed by atoms with Crippen LogP contribution < -0.4 is 15.4 Å². The maximum atomic E-state index is 13.5. The molecule has 0 bridgehead atoms. The molecule has 1 saturated carbocycles. The van der Waals surface area contributed by atoms with Crippen LogP contribution in [0.1, 0.15) is 31.4 Å². The lowest BCUT2D eigenvalue weighted by atomic mass is 10.0. The van der Waals surface area contributed by atoms with E-state index in [0.29, 0.717) is 23.0 Å². The zero-order valence-electron chi connectivity index (χ0n) is 21.7. The summed E-state index contributed by atoms with van der Waals surface area (Å²) in [6.07, 6.45) is 2.33. The number of thioether (sulfide) groups is 1. The molecule has 0 amide bonds. The number of piperidine rings is 1. The summed E-state index contributed by atoms with van der Waals surface area (Å²) in [5.41, 5.74) is 2.54. The van der Waals surface area contributed by atoms with Gasteiger partial charge in [0.2, 0.25) is 0 Å². The van der Waals surface area contributed by atoms with E-state index in [1.165, 1.54) is 17.4 Å². The van der Waals surface area contributed by atoms with Gasteiger partial charge in [-0.3, -0.25) is 0 Å². The fraction of sp³-hybridized carbons (Fsp3) is 0.448. The molecule has 202 valence electrons. The van der Waals surface area contributed by atoms with Crippen molar-refractivity contribution in [2.45, 2.75) is 55.4 Å². The smallest absolute Gasteiger partial charge is 0.406 e. The maximum Gasteiger partial charge on any atom is 0.406 e. The predicted molar refractivity (Wildman–Crippen MR) is 149 cm³/mol. The van der Waals surface area contributed by atoms with Crippen molar-refractivity contribution in [2.75, 3.05) is 43.6 Å². The van der Waals surface area contributed by atoms with E-state index in [2.05, 4.69) is 27.4 Å². The number of methoxy groups -OCH3 is 1. The summed E-state index contributed by atoms with van der Waals surface area (Å²) in [4.78, 5) is 3.64. The third kappa shape index (κ3) is 6.36. The van der Waals surface area contributed by atoms with E-state index in [4.69, 9.17) is 4.74 Å². The number of likely N-dealkylation sites (tertiary alicyclic amines) is 1. The van der Waals surface area contributed by atoms with E-state index < -0.39 is 12.7 Å². The highest BCUT2D eigenvalue weighted by Crippen LogP contribution is 2.33. The minimum Gasteiger partial charge on any atom is -0.495 e. The van der Waals surface area contributed by atoms with Crippen molar-refractivity contribution < 1.29 is 17.9 Å². The molecule has 0 atom stereocenters. The number of anilines is 2. The number of nitrogens with one attached hydrogen (secondary N) is 2. The highest BCUT2D eigenvalue weighted by Gasteiger charge is 2.32. The van der Waals surface area contributed by atoms with Gasteiger partial charge in [0.05, 0.1) is 30.6 Å². The van der Waals surface area contributed by atoms with Crippen LogP contribution in [0.5, 0.6) is 5.75 Å². The SMILES string of the molecule is COc1cc(SC)ccc1NCC#Cc1cc2c(NC3CCN(C4CC4)CC3)cccc2n1CC(F)(F)F. The molecular weight excluding hydrogens is 509 g/mol. The number of ether oxygens (including phenoxy) is 1. The molecule has 2 fully saturated rings. The molecule has 5 rings (SSSR count). The molecule has 2 N–H and O–H groups in total. The number of nitrogens with zero attached hydrogens (tertiary/aromatic N) is 2. The number of hydrogen-bond acceptors (Lipinski definition) is 5. The first-order valence-corrected chi connectivity index (χ1v) is 14.2. The first-order chi connectivity index (χ1) is 18.3. The Bertz CT molecular complexity index is 1330. The highest BCUT2D eigenvalue weighted by molar-refractivity contribution is 7.98. The molecule has 0 unspecified atom stereocenters. The molecule has 5 nitrogen and oxygen atoms in total. The van der Waals surface area contributed by atoms with Crippen molar-refractivity contribution in [3.05, 3.63) is 48.2 Å². The van der Waals surface area contributed by atoms with Crippen molar-refractivity contribution in [3.8, 4) is 17.6 Å². The van der Waals surface area contributed by atoms with E-state index in [1.807, 2.05) is 36.6 Å². The standard InChI is InChI=1S/C29H33F3N4OS/c1-37-28-18-23(38-2)10-11-26(28)33-14-4-5-22-17-24-25(6-3-7-27(24)36(22)19-29(30,31)32)34-20-12-15-35(16-13-20)21-8-9-21/h3,6-7,10-11,17-18,20-21,33-34H,8-9,12-16,19H2,1-2H3. The third-order valence-electron chi connectivity index (χ3n) is 7.23. The number of halogens is 3. The summed E-state index contributed by atoms with van der Waals surface area (Å²) in [6, 6.07) is 14.2. The van der Waals surface area contributed by atoms with Crippen LogP contribution in [0.4, 0.5) is 24.5 Å². The van der Waals surface area contributed by atoms with Crippen molar-refractivity contribution in [2.24, 2.45) is 0 Å². The first kappa shape index (κ1) is 26.6. The summed E-state index contributed by atoms with van der Waals surface area (Å²) in [5.74, 6) is 6.68. The molecular formula is C29H33F3N4OS. The van der Waals surface area contributed by atoms with Crippen LogP contribution in [0.25, 0.3) is 10.9 Å². The van der Waals surface area contributed by atoms with E-state index in [0.717, 1.165) is 53.6 Å². The summed E-state index contributed by atoms with van der Waals surface area (Å²) < 4.78 is 47.4. The Morgan fingerprint density at radius 3 is 2.53 bits per heavy atom. The van der Waals surface area contributed by atoms with Crippen LogP contribution in [-0.4, -0.2) is 60.7 Å². The zero-order chi connectivity index (χ0) is 26.7. The van der Waals surface area contributed by atoms with E-state index in [1.54, 1.807) is 31.0 Å². The van der Waals surface area contributed by atoms with Crippen LogP contribution >= 0.6 is 11.8 Å². The third-order valence-corrected chi connectivity index (χ3v) is 7.95. The lowest BCUT2D eigenvalue weighted by molar-refractivity contribution is -0.140. The monoisotopic (exact) mass is 542 g/mol. The number of fused-ring (bicyclic) bond motifs is 1. The average molecular weight is 543 g/mol. The summed E-state index contributed by atoms with van der Waals surface area (Å²) in [6.45, 7) is 1.33. The van der Waals surface area contributed by atoms with Gasteiger partial charge in [-0.1, -0.05) is 12.0 Å². The zero-order valence-corrected chi connectivity index (χ0v) is 22.5. The van der Waals surface area contributed by atoms with Crippen LogP contribution in [0.15, 0.2) is 47.4 Å². The molecule has 1 aliphatic carbocycles. The quantitative estimate of drug-likeness (QED) is 0.253. The van der Waals surface area contributed by atoms with Gasteiger partial charge >= 0.3 is 6.18 Å². The van der Waals surface area contributed by atoms with Gasteiger partial charge in [0.15, 0.2) is 0 Å². The molecule has 0 radical (unpaired) electrons. The number of alkyl halides is 3. The van der Waals surface area contributed by atoms with E-state index in [-0.39, 0.29) is 6.54 Å². The second-order valence-corrected chi connectivity index (χ2v) is 10.8. The molecule has 0 spiro atoms. The molecule has 2 heterocycles. The maximum absolute atomic E-state index is 13.5. The molecule has 1 aliphatic heterocycles. The fourth-order valence-corrected chi connectivity index (χ4v) is 5.58. The minimum absolute atomic E-state index is 0.271.